The molecule has 0 amide bonds. The Morgan fingerprint density at radius 1 is 1.09 bits per heavy atom. The van der Waals surface area contributed by atoms with Gasteiger partial charge in [-0.15, -0.1) is 0 Å². The van der Waals surface area contributed by atoms with E-state index in [1.54, 1.807) is 36.6 Å². The third kappa shape index (κ3) is 4.36. The van der Waals surface area contributed by atoms with Crippen LogP contribution in [-0.2, 0) is 30.8 Å². The highest BCUT2D eigenvalue weighted by atomic mass is 19.1. The Morgan fingerprint density at radius 3 is 2.69 bits per heavy atom. The van der Waals surface area contributed by atoms with E-state index < -0.39 is 5.97 Å². The van der Waals surface area contributed by atoms with Crippen LogP contribution >= 0.6 is 0 Å². The number of halogens is 1. The molecule has 0 saturated heterocycles. The normalized spacial score (nSPS) is 11.1. The topological polar surface area (TPSA) is 85.7 Å². The monoisotopic (exact) mass is 433 g/mol. The van der Waals surface area contributed by atoms with E-state index in [0.29, 0.717) is 33.6 Å². The SMILES string of the molecule is CCc1ccc(CC(=O)O)c(OCc2coc3ccc(-c4cccc(CN)c4F)cc23)c1. The molecule has 0 spiro atoms. The average molecular weight is 433 g/mol. The molecule has 1 heterocycles. The zero-order chi connectivity index (χ0) is 22.7. The highest BCUT2D eigenvalue weighted by Gasteiger charge is 2.14. The molecule has 0 unspecified atom stereocenters. The maximum atomic E-state index is 14.8. The zero-order valence-electron chi connectivity index (χ0n) is 17.7. The summed E-state index contributed by atoms with van der Waals surface area (Å²) in [5.74, 6) is -0.705. The number of ether oxygens (including phenoxy) is 1. The van der Waals surface area contributed by atoms with Crippen molar-refractivity contribution in [3.63, 3.8) is 0 Å². The number of benzene rings is 3. The number of fused-ring (bicyclic) bond motifs is 1. The smallest absolute Gasteiger partial charge is 0.307 e. The molecule has 0 aliphatic carbocycles. The van der Waals surface area contributed by atoms with Crippen molar-refractivity contribution in [2.45, 2.75) is 32.9 Å². The molecule has 3 N–H and O–H groups in total. The van der Waals surface area contributed by atoms with Crippen molar-refractivity contribution in [3.05, 3.63) is 88.9 Å². The fourth-order valence-electron chi connectivity index (χ4n) is 3.74. The van der Waals surface area contributed by atoms with Crippen molar-refractivity contribution >= 4 is 16.9 Å². The summed E-state index contributed by atoms with van der Waals surface area (Å²) < 4.78 is 26.5. The van der Waals surface area contributed by atoms with E-state index in [9.17, 15) is 14.3 Å². The quantitative estimate of drug-likeness (QED) is 0.385. The predicted molar refractivity (Wildman–Crippen MR) is 121 cm³/mol. The molecule has 0 radical (unpaired) electrons. The van der Waals surface area contributed by atoms with Crippen LogP contribution in [0.3, 0.4) is 0 Å². The van der Waals surface area contributed by atoms with Gasteiger partial charge >= 0.3 is 5.97 Å². The van der Waals surface area contributed by atoms with Gasteiger partial charge in [0.05, 0.1) is 12.7 Å². The lowest BCUT2D eigenvalue weighted by molar-refractivity contribution is -0.136. The molecule has 32 heavy (non-hydrogen) atoms. The number of rotatable bonds is 8. The van der Waals surface area contributed by atoms with Crippen LogP contribution < -0.4 is 10.5 Å². The highest BCUT2D eigenvalue weighted by Crippen LogP contribution is 2.31. The summed E-state index contributed by atoms with van der Waals surface area (Å²) >= 11 is 0. The molecule has 6 heteroatoms. The number of nitrogens with two attached hydrogens (primary N) is 1. The van der Waals surface area contributed by atoms with Gasteiger partial charge in [0, 0.05) is 34.2 Å². The zero-order valence-corrected chi connectivity index (χ0v) is 17.7. The maximum absolute atomic E-state index is 14.8. The van der Waals surface area contributed by atoms with Gasteiger partial charge in [-0.1, -0.05) is 43.3 Å². The van der Waals surface area contributed by atoms with E-state index >= 15 is 0 Å². The molecular weight excluding hydrogens is 409 g/mol. The van der Waals surface area contributed by atoms with Gasteiger partial charge in [-0.3, -0.25) is 4.79 Å². The summed E-state index contributed by atoms with van der Waals surface area (Å²) in [7, 11) is 0. The number of aliphatic carboxylic acids is 1. The second-order valence-electron chi connectivity index (χ2n) is 7.61. The molecule has 4 rings (SSSR count). The summed E-state index contributed by atoms with van der Waals surface area (Å²) in [5, 5.41) is 10.0. The Balaban J connectivity index is 1.66. The lowest BCUT2D eigenvalue weighted by Gasteiger charge is -2.12. The van der Waals surface area contributed by atoms with Gasteiger partial charge in [0.15, 0.2) is 0 Å². The minimum Gasteiger partial charge on any atom is -0.488 e. The number of hydrogen-bond donors (Lipinski definition) is 2. The first-order chi connectivity index (χ1) is 15.5. The lowest BCUT2D eigenvalue weighted by Crippen LogP contribution is -2.04. The van der Waals surface area contributed by atoms with Gasteiger partial charge in [0.2, 0.25) is 0 Å². The third-order valence-electron chi connectivity index (χ3n) is 5.53. The molecule has 164 valence electrons. The summed E-state index contributed by atoms with van der Waals surface area (Å²) in [6.45, 7) is 2.35. The maximum Gasteiger partial charge on any atom is 0.307 e. The second-order valence-corrected chi connectivity index (χ2v) is 7.61. The summed E-state index contributed by atoms with van der Waals surface area (Å²) in [6.07, 6.45) is 2.31. The predicted octanol–water partition coefficient (Wildman–Crippen LogP) is 5.47. The fraction of sp³-hybridized carbons (Fsp3) is 0.192. The standard InChI is InChI=1S/C26H24FNO4/c1-2-16-6-7-18(12-25(29)30)24(10-16)32-15-20-14-31-23-9-8-17(11-22(20)23)21-5-3-4-19(13-28)26(21)27/h3-11,14H,2,12-13,15,28H2,1H3,(H,29,30). The number of hydrogen-bond acceptors (Lipinski definition) is 4. The van der Waals surface area contributed by atoms with Gasteiger partial charge in [-0.2, -0.15) is 0 Å². The minimum absolute atomic E-state index is 0.119. The van der Waals surface area contributed by atoms with Crippen LogP contribution in [0.2, 0.25) is 0 Å². The van der Waals surface area contributed by atoms with E-state index in [-0.39, 0.29) is 25.4 Å². The van der Waals surface area contributed by atoms with Crippen molar-refractivity contribution in [2.75, 3.05) is 0 Å². The van der Waals surface area contributed by atoms with Crippen molar-refractivity contribution in [2.24, 2.45) is 5.73 Å². The number of carbonyl (C=O) groups is 1. The number of carboxylic acids is 1. The molecule has 4 aromatic rings. The van der Waals surface area contributed by atoms with E-state index in [1.165, 1.54) is 0 Å². The van der Waals surface area contributed by atoms with Crippen LogP contribution in [0.1, 0.15) is 29.2 Å². The Labute approximate surface area is 185 Å². The van der Waals surface area contributed by atoms with Crippen LogP contribution in [-0.4, -0.2) is 11.1 Å². The second kappa shape index (κ2) is 9.24. The van der Waals surface area contributed by atoms with Crippen LogP contribution in [0.25, 0.3) is 22.1 Å². The van der Waals surface area contributed by atoms with E-state index in [4.69, 9.17) is 14.9 Å². The molecule has 1 aromatic heterocycles. The first-order valence-corrected chi connectivity index (χ1v) is 10.4. The van der Waals surface area contributed by atoms with E-state index in [2.05, 4.69) is 0 Å². The van der Waals surface area contributed by atoms with Crippen LogP contribution in [0.5, 0.6) is 5.75 Å². The molecule has 3 aromatic carbocycles. The van der Waals surface area contributed by atoms with Gasteiger partial charge < -0.3 is 20.0 Å². The first kappa shape index (κ1) is 21.6. The molecule has 0 atom stereocenters. The Kier molecular flexibility index (Phi) is 6.23. The largest absolute Gasteiger partial charge is 0.488 e. The fourth-order valence-corrected chi connectivity index (χ4v) is 3.74. The summed E-state index contributed by atoms with van der Waals surface area (Å²) in [5.41, 5.74) is 10.4. The van der Waals surface area contributed by atoms with Crippen LogP contribution in [0, 0.1) is 5.82 Å². The van der Waals surface area contributed by atoms with E-state index in [0.717, 1.165) is 22.9 Å². The van der Waals surface area contributed by atoms with E-state index in [1.807, 2.05) is 31.2 Å². The van der Waals surface area contributed by atoms with Crippen LogP contribution in [0.4, 0.5) is 4.39 Å². The number of aryl methyl sites for hydroxylation is 1. The van der Waals surface area contributed by atoms with Crippen LogP contribution in [0.15, 0.2) is 65.3 Å². The van der Waals surface area contributed by atoms with Gasteiger partial charge in [0.25, 0.3) is 0 Å². The average Bonchev–Trinajstić information content (AvgIpc) is 3.20. The summed E-state index contributed by atoms with van der Waals surface area (Å²) in [6, 6.07) is 16.2. The Hall–Kier alpha value is -3.64. The number of furan rings is 1. The van der Waals surface area contributed by atoms with Crippen molar-refractivity contribution < 1.29 is 23.4 Å². The van der Waals surface area contributed by atoms with Gasteiger partial charge in [-0.25, -0.2) is 4.39 Å². The Bertz CT molecular complexity index is 1280. The first-order valence-electron chi connectivity index (χ1n) is 10.4. The molecule has 0 bridgehead atoms. The van der Waals surface area contributed by atoms with Gasteiger partial charge in [0.1, 0.15) is 23.8 Å². The minimum atomic E-state index is -0.917. The molecule has 5 nitrogen and oxygen atoms in total. The third-order valence-corrected chi connectivity index (χ3v) is 5.53. The Morgan fingerprint density at radius 2 is 1.94 bits per heavy atom. The molecule has 0 aliphatic heterocycles. The van der Waals surface area contributed by atoms with Crippen molar-refractivity contribution in [1.29, 1.82) is 0 Å². The molecule has 0 aliphatic rings. The summed E-state index contributed by atoms with van der Waals surface area (Å²) in [4.78, 5) is 11.2. The molecule has 0 saturated carbocycles. The molecule has 0 fully saturated rings. The van der Waals surface area contributed by atoms with Crippen molar-refractivity contribution in [3.8, 4) is 16.9 Å². The molecular formula is C26H24FNO4. The number of carboxylic acid groups (broad SMARTS) is 1. The highest BCUT2D eigenvalue weighted by molar-refractivity contribution is 5.86. The van der Waals surface area contributed by atoms with Gasteiger partial charge in [-0.05, 0) is 35.7 Å². The lowest BCUT2D eigenvalue weighted by atomic mass is 10.00. The van der Waals surface area contributed by atoms with Crippen molar-refractivity contribution in [1.82, 2.24) is 0 Å².